The largest absolute Gasteiger partial charge is 0.476 e. The van der Waals surface area contributed by atoms with E-state index in [1.165, 1.54) is 41.0 Å². The molecule has 0 aliphatic carbocycles. The van der Waals surface area contributed by atoms with Gasteiger partial charge in [-0.15, -0.1) is 11.3 Å². The summed E-state index contributed by atoms with van der Waals surface area (Å²) in [4.78, 5) is 26.4. The summed E-state index contributed by atoms with van der Waals surface area (Å²) in [5, 5.41) is 13.5. The number of halogens is 2. The highest BCUT2D eigenvalue weighted by atomic mass is 32.1. The summed E-state index contributed by atoms with van der Waals surface area (Å²) in [6.07, 6.45) is 0.540. The highest BCUT2D eigenvalue weighted by molar-refractivity contribution is 7.09. The van der Waals surface area contributed by atoms with Crippen molar-refractivity contribution in [3.05, 3.63) is 45.9 Å². The summed E-state index contributed by atoms with van der Waals surface area (Å²) >= 11 is 1.22. The molecule has 0 spiro atoms. The fourth-order valence-electron chi connectivity index (χ4n) is 1.87. The van der Waals surface area contributed by atoms with Gasteiger partial charge in [0.2, 0.25) is 5.91 Å². The average Bonchev–Trinajstić information content (AvgIpc) is 2.98. The fourth-order valence-corrected chi connectivity index (χ4v) is 2.64. The predicted molar refractivity (Wildman–Crippen MR) is 82.6 cm³/mol. The topological polar surface area (TPSA) is 88.5 Å². The number of amides is 1. The van der Waals surface area contributed by atoms with Crippen molar-refractivity contribution in [2.45, 2.75) is 19.5 Å². The Bertz CT molecular complexity index is 704. The van der Waals surface area contributed by atoms with Crippen molar-refractivity contribution in [2.24, 2.45) is 0 Å². The molecule has 1 heterocycles. The Hall–Kier alpha value is -2.55. The number of nitrogens with zero attached hydrogens (tertiary/aromatic N) is 1. The molecule has 0 aliphatic rings. The van der Waals surface area contributed by atoms with Crippen LogP contribution in [0.4, 0.5) is 8.78 Å². The van der Waals surface area contributed by atoms with Crippen LogP contribution in [-0.4, -0.2) is 35.1 Å². The van der Waals surface area contributed by atoms with Gasteiger partial charge in [-0.2, -0.15) is 8.78 Å². The Morgan fingerprint density at radius 1 is 1.29 bits per heavy atom. The molecule has 0 saturated carbocycles. The molecule has 9 heteroatoms. The van der Waals surface area contributed by atoms with Crippen molar-refractivity contribution >= 4 is 23.2 Å². The van der Waals surface area contributed by atoms with Crippen LogP contribution in [0.2, 0.25) is 0 Å². The lowest BCUT2D eigenvalue weighted by Gasteiger charge is -2.06. The van der Waals surface area contributed by atoms with Gasteiger partial charge in [0.1, 0.15) is 5.75 Å². The number of carboxylic acid groups (broad SMARTS) is 1. The number of aromatic carboxylic acids is 1. The SMILES string of the molecule is O=C(Cc1ccc(OC(F)F)cc1)NCCc1nc(C(=O)O)cs1. The Balaban J connectivity index is 1.75. The molecule has 0 atom stereocenters. The van der Waals surface area contributed by atoms with Gasteiger partial charge >= 0.3 is 12.6 Å². The first-order valence-electron chi connectivity index (χ1n) is 6.92. The quantitative estimate of drug-likeness (QED) is 0.758. The van der Waals surface area contributed by atoms with Gasteiger partial charge in [0, 0.05) is 18.3 Å². The van der Waals surface area contributed by atoms with Crippen LogP contribution >= 0.6 is 11.3 Å². The number of thiazole rings is 1. The van der Waals surface area contributed by atoms with Crippen molar-refractivity contribution in [3.8, 4) is 5.75 Å². The average molecular weight is 356 g/mol. The third-order valence-electron chi connectivity index (χ3n) is 2.95. The van der Waals surface area contributed by atoms with Gasteiger partial charge in [0.05, 0.1) is 11.4 Å². The number of hydrogen-bond donors (Lipinski definition) is 2. The zero-order chi connectivity index (χ0) is 17.5. The molecule has 24 heavy (non-hydrogen) atoms. The monoisotopic (exact) mass is 356 g/mol. The van der Waals surface area contributed by atoms with Gasteiger partial charge in [-0.3, -0.25) is 4.79 Å². The number of aromatic nitrogens is 1. The third-order valence-corrected chi connectivity index (χ3v) is 3.85. The number of hydrogen-bond acceptors (Lipinski definition) is 5. The van der Waals surface area contributed by atoms with Crippen LogP contribution in [-0.2, 0) is 17.6 Å². The van der Waals surface area contributed by atoms with Crippen LogP contribution in [0.15, 0.2) is 29.6 Å². The van der Waals surface area contributed by atoms with E-state index in [-0.39, 0.29) is 23.8 Å². The molecule has 0 aliphatic heterocycles. The highest BCUT2D eigenvalue weighted by Crippen LogP contribution is 2.15. The number of carbonyl (C=O) groups excluding carboxylic acids is 1. The Morgan fingerprint density at radius 2 is 2.00 bits per heavy atom. The minimum Gasteiger partial charge on any atom is -0.476 e. The molecule has 2 N–H and O–H groups in total. The summed E-state index contributed by atoms with van der Waals surface area (Å²) in [6, 6.07) is 5.82. The molecule has 2 rings (SSSR count). The molecule has 1 amide bonds. The van der Waals surface area contributed by atoms with E-state index in [0.29, 0.717) is 23.5 Å². The molecular formula is C15H14F2N2O4S. The number of ether oxygens (including phenoxy) is 1. The summed E-state index contributed by atoms with van der Waals surface area (Å²) in [5.74, 6) is -1.28. The van der Waals surface area contributed by atoms with E-state index in [1.54, 1.807) is 0 Å². The third kappa shape index (κ3) is 5.58. The Kier molecular flexibility index (Phi) is 6.19. The van der Waals surface area contributed by atoms with Gasteiger partial charge in [-0.25, -0.2) is 9.78 Å². The minimum absolute atomic E-state index is 0.00701. The second kappa shape index (κ2) is 8.34. The van der Waals surface area contributed by atoms with Gasteiger partial charge in [0.15, 0.2) is 5.69 Å². The van der Waals surface area contributed by atoms with Crippen LogP contribution in [0.5, 0.6) is 5.75 Å². The number of nitrogens with one attached hydrogen (secondary N) is 1. The van der Waals surface area contributed by atoms with E-state index in [0.717, 1.165) is 0 Å². The lowest BCUT2D eigenvalue weighted by Crippen LogP contribution is -2.27. The van der Waals surface area contributed by atoms with Gasteiger partial charge in [0.25, 0.3) is 0 Å². The van der Waals surface area contributed by atoms with Crippen molar-refractivity contribution < 1.29 is 28.2 Å². The molecule has 0 radical (unpaired) electrons. The smallest absolute Gasteiger partial charge is 0.387 e. The van der Waals surface area contributed by atoms with Crippen LogP contribution in [0, 0.1) is 0 Å². The number of carbonyl (C=O) groups is 2. The number of carboxylic acids is 1. The van der Waals surface area contributed by atoms with E-state index in [4.69, 9.17) is 5.11 Å². The second-order valence-electron chi connectivity index (χ2n) is 4.73. The van der Waals surface area contributed by atoms with Crippen LogP contribution in [0.25, 0.3) is 0 Å². The second-order valence-corrected chi connectivity index (χ2v) is 5.67. The van der Waals surface area contributed by atoms with Crippen molar-refractivity contribution in [1.82, 2.24) is 10.3 Å². The normalized spacial score (nSPS) is 10.6. The predicted octanol–water partition coefficient (Wildman–Crippen LogP) is 2.34. The lowest BCUT2D eigenvalue weighted by atomic mass is 10.1. The minimum atomic E-state index is -2.88. The standard InChI is InChI=1S/C15H14F2N2O4S/c16-15(17)23-10-3-1-9(2-4-10)7-12(20)18-6-5-13-19-11(8-24-13)14(21)22/h1-4,8,15H,5-7H2,(H,18,20)(H,21,22). The summed E-state index contributed by atoms with van der Waals surface area (Å²) in [5.41, 5.74) is 0.656. The van der Waals surface area contributed by atoms with E-state index in [1.807, 2.05) is 0 Å². The van der Waals surface area contributed by atoms with Gasteiger partial charge in [-0.1, -0.05) is 12.1 Å². The highest BCUT2D eigenvalue weighted by Gasteiger charge is 2.09. The Labute approximate surface area is 140 Å². The zero-order valence-corrected chi connectivity index (χ0v) is 13.2. The van der Waals surface area contributed by atoms with Crippen LogP contribution < -0.4 is 10.1 Å². The van der Waals surface area contributed by atoms with Crippen molar-refractivity contribution in [3.63, 3.8) is 0 Å². The first-order chi connectivity index (χ1) is 11.4. The number of rotatable bonds is 8. The van der Waals surface area contributed by atoms with Gasteiger partial charge < -0.3 is 15.2 Å². The molecule has 128 valence electrons. The van der Waals surface area contributed by atoms with Crippen molar-refractivity contribution in [1.29, 1.82) is 0 Å². The molecule has 1 aromatic carbocycles. The fraction of sp³-hybridized carbons (Fsp3) is 0.267. The maximum absolute atomic E-state index is 12.0. The summed E-state index contributed by atoms with van der Waals surface area (Å²) in [7, 11) is 0. The maximum atomic E-state index is 12.0. The van der Waals surface area contributed by atoms with Crippen LogP contribution in [0.1, 0.15) is 21.1 Å². The van der Waals surface area contributed by atoms with E-state index < -0.39 is 12.6 Å². The Morgan fingerprint density at radius 3 is 2.58 bits per heavy atom. The lowest BCUT2D eigenvalue weighted by molar-refractivity contribution is -0.120. The maximum Gasteiger partial charge on any atom is 0.387 e. The molecular weight excluding hydrogens is 342 g/mol. The first kappa shape index (κ1) is 17.8. The van der Waals surface area contributed by atoms with Crippen molar-refractivity contribution in [2.75, 3.05) is 6.54 Å². The molecule has 0 unspecified atom stereocenters. The van der Waals surface area contributed by atoms with E-state index in [9.17, 15) is 18.4 Å². The van der Waals surface area contributed by atoms with E-state index in [2.05, 4.69) is 15.0 Å². The molecule has 1 aromatic heterocycles. The first-order valence-corrected chi connectivity index (χ1v) is 7.80. The molecule has 0 fully saturated rings. The molecule has 2 aromatic rings. The zero-order valence-electron chi connectivity index (χ0n) is 12.4. The van der Waals surface area contributed by atoms with Gasteiger partial charge in [-0.05, 0) is 17.7 Å². The molecule has 0 bridgehead atoms. The summed E-state index contributed by atoms with van der Waals surface area (Å²) < 4.78 is 28.3. The van der Waals surface area contributed by atoms with E-state index >= 15 is 0 Å². The number of benzene rings is 1. The molecule has 0 saturated heterocycles. The number of alkyl halides is 2. The van der Waals surface area contributed by atoms with Crippen LogP contribution in [0.3, 0.4) is 0 Å². The molecule has 6 nitrogen and oxygen atoms in total. The summed E-state index contributed by atoms with van der Waals surface area (Å²) in [6.45, 7) is -2.55.